The summed E-state index contributed by atoms with van der Waals surface area (Å²) < 4.78 is 0. The Kier molecular flexibility index (Phi) is 20.5. The summed E-state index contributed by atoms with van der Waals surface area (Å²) in [5.74, 6) is 6.02. The zero-order valence-electron chi connectivity index (χ0n) is 55.0. The van der Waals surface area contributed by atoms with Gasteiger partial charge in [-0.2, -0.15) is 12.1 Å². The van der Waals surface area contributed by atoms with Gasteiger partial charge >= 0.3 is 30.2 Å². The molecule has 0 nitrogen and oxygen atoms in total. The molecule has 0 aromatic heterocycles. The Morgan fingerprint density at radius 1 is 0.349 bits per heavy atom. The fraction of sp³-hybridized carbons (Fsp3) is 0.463. The maximum atomic E-state index is 3.06. The third kappa shape index (κ3) is 13.9. The van der Waals surface area contributed by atoms with Gasteiger partial charge in [0, 0.05) is 0 Å². The van der Waals surface area contributed by atoms with Crippen molar-refractivity contribution in [1.29, 1.82) is 0 Å². The van der Waals surface area contributed by atoms with Gasteiger partial charge < -0.3 is 14.9 Å². The summed E-state index contributed by atoms with van der Waals surface area (Å²) in [5.41, 5.74) is 21.4. The van der Waals surface area contributed by atoms with E-state index in [0.29, 0.717) is 10.8 Å². The zero-order valence-corrected chi connectivity index (χ0v) is 60.1. The van der Waals surface area contributed by atoms with E-state index in [1.54, 1.807) is 11.1 Å². The molecule has 8 saturated carbocycles. The predicted molar refractivity (Wildman–Crippen MR) is 377 cm³/mol. The van der Waals surface area contributed by atoms with Gasteiger partial charge in [0.15, 0.2) is 0 Å². The van der Waals surface area contributed by atoms with Gasteiger partial charge in [0.05, 0.1) is 0 Å². The first-order valence-electron chi connectivity index (χ1n) is 32.1. The van der Waals surface area contributed by atoms with Crippen molar-refractivity contribution in [3.63, 3.8) is 0 Å². The van der Waals surface area contributed by atoms with Crippen LogP contribution in [0.25, 0.3) is 66.1 Å². The van der Waals surface area contributed by atoms with Crippen LogP contribution < -0.4 is 0 Å². The van der Waals surface area contributed by atoms with Crippen molar-refractivity contribution in [3.05, 3.63) is 194 Å². The van der Waals surface area contributed by atoms with Crippen molar-refractivity contribution in [2.75, 3.05) is 0 Å². The Bertz CT molecular complexity index is 3080. The molecule has 0 amide bonds. The van der Waals surface area contributed by atoms with Crippen LogP contribution in [0.2, 0.25) is 0 Å². The van der Waals surface area contributed by atoms with Crippen LogP contribution in [0.1, 0.15) is 194 Å². The molecule has 4 heteroatoms. The van der Waals surface area contributed by atoms with Gasteiger partial charge in [0.25, 0.3) is 0 Å². The molecule has 0 unspecified atom stereocenters. The third-order valence-corrected chi connectivity index (χ3v) is 21.6. The van der Waals surface area contributed by atoms with Crippen molar-refractivity contribution in [2.24, 2.45) is 46.3 Å². The predicted octanol–water partition coefficient (Wildman–Crippen LogP) is 23.9. The summed E-state index contributed by atoms with van der Waals surface area (Å²) in [6.45, 7) is 30.7. The molecular formula is C82H102Cl2SiZr-4. The Balaban J connectivity index is 0.000000208. The fourth-order valence-corrected chi connectivity index (χ4v) is 18.4. The van der Waals surface area contributed by atoms with Gasteiger partial charge in [0.2, 0.25) is 0 Å². The van der Waals surface area contributed by atoms with E-state index in [2.05, 4.69) is 236 Å². The molecule has 456 valence electrons. The van der Waals surface area contributed by atoms with E-state index < -0.39 is 0 Å². The van der Waals surface area contributed by atoms with Gasteiger partial charge in [-0.15, -0.1) is 69.6 Å². The van der Waals surface area contributed by atoms with E-state index in [1.165, 1.54) is 202 Å². The number of halogens is 2. The summed E-state index contributed by atoms with van der Waals surface area (Å²) in [6.07, 6.45) is 20.5. The molecule has 0 heterocycles. The van der Waals surface area contributed by atoms with Crippen molar-refractivity contribution in [1.82, 2.24) is 0 Å². The summed E-state index contributed by atoms with van der Waals surface area (Å²) in [7, 11) is 0. The molecule has 8 fully saturated rings. The minimum atomic E-state index is 0. The monoisotopic (exact) mass is 1270 g/mol. The van der Waals surface area contributed by atoms with Gasteiger partial charge in [-0.05, 0) is 191 Å². The molecule has 8 aromatic carbocycles. The number of rotatable bonds is 8. The molecule has 0 atom stereocenters. The standard InChI is InChI=1S/2C40H47.2CH3.2ClH.Si.Zr/c2*1-38(2,3)32-11-7-30(8-12-32)34-15-16-35(31-9-13-33(14-10-31)39(4,5)6)37-21-29(20-36(34)37)25-40-22-26-17-27(23-40)19-28(18-26)24-40;;;;;;/h2*7-16,20-21,26-28H,17-19,22-25H2,1-6H3;2*1H3;2*1H;;/q4*-1;;;;. The van der Waals surface area contributed by atoms with Crippen molar-refractivity contribution < 1.29 is 23.3 Å². The van der Waals surface area contributed by atoms with Crippen molar-refractivity contribution >= 4 is 53.2 Å². The van der Waals surface area contributed by atoms with Gasteiger partial charge in [-0.3, -0.25) is 0 Å². The molecule has 2 radical (unpaired) electrons. The molecule has 8 aromatic rings. The first kappa shape index (κ1) is 68.1. The minimum absolute atomic E-state index is 0. The normalized spacial score (nSPS) is 24.3. The van der Waals surface area contributed by atoms with Crippen LogP contribution in [0.15, 0.2) is 146 Å². The second kappa shape index (κ2) is 25.8. The van der Waals surface area contributed by atoms with Crippen LogP contribution in [-0.4, -0.2) is 6.88 Å². The molecule has 0 aliphatic heterocycles. The Morgan fingerprint density at radius 2 is 0.558 bits per heavy atom. The fourth-order valence-electron chi connectivity index (χ4n) is 18.4. The van der Waals surface area contributed by atoms with E-state index in [9.17, 15) is 0 Å². The van der Waals surface area contributed by atoms with Gasteiger partial charge in [-0.25, -0.2) is 0 Å². The second-order valence-corrected chi connectivity index (χ2v) is 32.2. The number of fused-ring (bicyclic) bond motifs is 2. The molecule has 86 heavy (non-hydrogen) atoms. The van der Waals surface area contributed by atoms with Crippen LogP contribution in [-0.2, 0) is 57.8 Å². The molecule has 16 rings (SSSR count). The van der Waals surface area contributed by atoms with Crippen molar-refractivity contribution in [3.8, 4) is 44.5 Å². The number of benzene rings is 6. The Hall–Kier alpha value is -3.78. The van der Waals surface area contributed by atoms with Crippen LogP contribution in [0.4, 0.5) is 0 Å². The van der Waals surface area contributed by atoms with Crippen LogP contribution in [0.3, 0.4) is 0 Å². The van der Waals surface area contributed by atoms with E-state index in [1.807, 2.05) is 0 Å². The first-order chi connectivity index (χ1) is 38.9. The number of hydrogen-bond donors (Lipinski definition) is 0. The van der Waals surface area contributed by atoms with Crippen LogP contribution in [0, 0.1) is 61.2 Å². The SMILES string of the molecule is CC(C)(C)c1ccc(-c2ccc(-c3ccc(C(C)(C)C)cc3)c3[cH-]c(CC45CC6CC(CC(C6)C4)C5)cc23)cc1.CC(C)(C)c1ccc(-c2ccc(-c3ccc(C(C)(C)C)cc3)c3[cH-]c(CC45CC6CC(CC(C6)C4)C5)cc23)cc1.Cl.Cl.[CH3-].[CH3-].[Si]=[Zr]. The topological polar surface area (TPSA) is 0 Å². The molecule has 8 aliphatic rings. The third-order valence-electron chi connectivity index (χ3n) is 21.6. The molecule has 8 aliphatic carbocycles. The molecule has 0 spiro atoms. The molecule has 0 saturated heterocycles. The summed E-state index contributed by atoms with van der Waals surface area (Å²) in [6, 6.07) is 57.3. The molecule has 0 N–H and O–H groups in total. The summed E-state index contributed by atoms with van der Waals surface area (Å²) in [5, 5.41) is 5.72. The van der Waals surface area contributed by atoms with E-state index in [-0.39, 0.29) is 61.3 Å². The van der Waals surface area contributed by atoms with E-state index >= 15 is 0 Å². The average Bonchev–Trinajstić information content (AvgIpc) is 1.48. The second-order valence-electron chi connectivity index (χ2n) is 32.2. The number of hydrogen-bond acceptors (Lipinski definition) is 0. The average molecular weight is 1280 g/mol. The zero-order chi connectivity index (χ0) is 57.7. The Labute approximate surface area is 551 Å². The van der Waals surface area contributed by atoms with E-state index in [4.69, 9.17) is 0 Å². The van der Waals surface area contributed by atoms with Crippen LogP contribution in [0.5, 0.6) is 0 Å². The summed E-state index contributed by atoms with van der Waals surface area (Å²) >= 11 is 1.36. The van der Waals surface area contributed by atoms with Gasteiger partial charge in [-0.1, -0.05) is 238 Å². The maximum absolute atomic E-state index is 3.06. The molecular weight excluding hydrogens is 1180 g/mol. The van der Waals surface area contributed by atoms with Crippen molar-refractivity contribution in [2.45, 2.75) is 195 Å². The quantitative estimate of drug-likeness (QED) is 0.105. The van der Waals surface area contributed by atoms with Gasteiger partial charge in [0.1, 0.15) is 0 Å². The molecule has 8 bridgehead atoms. The summed E-state index contributed by atoms with van der Waals surface area (Å²) in [4.78, 5) is 0. The van der Waals surface area contributed by atoms with E-state index in [0.717, 1.165) is 35.5 Å². The first-order valence-corrected chi connectivity index (χ1v) is 36.2. The Morgan fingerprint density at radius 3 is 0.779 bits per heavy atom. The van der Waals surface area contributed by atoms with Crippen LogP contribution >= 0.6 is 24.8 Å².